The minimum Gasteiger partial charge on any atom is -0.355 e. The molecule has 0 bridgehead atoms. The molecule has 6 rings (SSSR count). The zero-order valence-corrected chi connectivity index (χ0v) is 23.0. The molecule has 39 heavy (non-hydrogen) atoms. The molecule has 1 saturated heterocycles. The molecule has 0 amide bonds. The number of hydrogen-bond acceptors (Lipinski definition) is 5. The van der Waals surface area contributed by atoms with E-state index in [2.05, 4.69) is 34.1 Å². The molecule has 1 aliphatic rings. The predicted octanol–water partition coefficient (Wildman–Crippen LogP) is 7.16. The van der Waals surface area contributed by atoms with E-state index in [1.54, 1.807) is 6.33 Å². The third-order valence-corrected chi connectivity index (χ3v) is 8.59. The summed E-state index contributed by atoms with van der Waals surface area (Å²) in [5.74, 6) is 1.37. The number of hydrogen-bond donors (Lipinski definition) is 0. The fourth-order valence-corrected chi connectivity index (χ4v) is 6.14. The average molecular weight is 556 g/mol. The van der Waals surface area contributed by atoms with Crippen LogP contribution in [0, 0.1) is 5.92 Å². The summed E-state index contributed by atoms with van der Waals surface area (Å²) in [6.45, 7) is 3.52. The normalized spacial score (nSPS) is 15.8. The van der Waals surface area contributed by atoms with Crippen LogP contribution in [0.1, 0.15) is 25.3 Å². The van der Waals surface area contributed by atoms with Gasteiger partial charge in [-0.3, -0.25) is 4.57 Å². The largest absolute Gasteiger partial charge is 0.355 e. The number of fused-ring (bicyclic) bond motifs is 1. The lowest BCUT2D eigenvalue weighted by atomic mass is 9.65. The van der Waals surface area contributed by atoms with E-state index in [4.69, 9.17) is 33.2 Å². The lowest BCUT2D eigenvalue weighted by molar-refractivity contribution is -0.112. The van der Waals surface area contributed by atoms with Crippen molar-refractivity contribution in [2.45, 2.75) is 25.2 Å². The minimum absolute atomic E-state index is 0.0941. The quantitative estimate of drug-likeness (QED) is 0.208. The summed E-state index contributed by atoms with van der Waals surface area (Å²) < 4.78 is 2.00. The van der Waals surface area contributed by atoms with Crippen LogP contribution in [0.3, 0.4) is 0 Å². The van der Waals surface area contributed by atoms with Crippen molar-refractivity contribution in [1.29, 1.82) is 0 Å². The number of imidazole rings is 1. The molecular formula is C31H27Cl2N5O. The van der Waals surface area contributed by atoms with Crippen molar-refractivity contribution in [3.63, 3.8) is 0 Å². The van der Waals surface area contributed by atoms with E-state index in [-0.39, 0.29) is 11.3 Å². The maximum Gasteiger partial charge on any atom is 0.170 e. The Morgan fingerprint density at radius 2 is 1.59 bits per heavy atom. The molecule has 0 N–H and O–H groups in total. The first kappa shape index (κ1) is 25.5. The molecule has 1 fully saturated rings. The van der Waals surface area contributed by atoms with Gasteiger partial charge in [0.2, 0.25) is 0 Å². The highest BCUT2D eigenvalue weighted by Gasteiger charge is 2.41. The maximum atomic E-state index is 12.0. The number of rotatable bonds is 6. The average Bonchev–Trinajstić information content (AvgIpc) is 3.37. The van der Waals surface area contributed by atoms with Crippen molar-refractivity contribution in [1.82, 2.24) is 19.5 Å². The Balaban J connectivity index is 1.45. The molecule has 3 aromatic carbocycles. The lowest BCUT2D eigenvalue weighted by Crippen LogP contribution is -2.47. The maximum absolute atomic E-state index is 12.0. The Morgan fingerprint density at radius 3 is 2.28 bits per heavy atom. The number of halogens is 2. The summed E-state index contributed by atoms with van der Waals surface area (Å²) in [7, 11) is 0. The van der Waals surface area contributed by atoms with Gasteiger partial charge in [-0.25, -0.2) is 15.0 Å². The molecule has 0 spiro atoms. The molecule has 1 unspecified atom stereocenters. The van der Waals surface area contributed by atoms with Crippen LogP contribution in [0.4, 0.5) is 5.82 Å². The number of carbonyl (C=O) groups excluding carboxylic acids is 1. The van der Waals surface area contributed by atoms with Gasteiger partial charge in [-0.1, -0.05) is 72.6 Å². The van der Waals surface area contributed by atoms with E-state index in [0.29, 0.717) is 27.0 Å². The molecule has 1 aliphatic heterocycles. The van der Waals surface area contributed by atoms with Gasteiger partial charge < -0.3 is 9.69 Å². The Labute approximate surface area is 237 Å². The first-order chi connectivity index (χ1) is 19.0. The summed E-state index contributed by atoms with van der Waals surface area (Å²) in [5, 5.41) is 1.25. The molecule has 2 aromatic heterocycles. The Morgan fingerprint density at radius 1 is 0.897 bits per heavy atom. The zero-order valence-electron chi connectivity index (χ0n) is 21.5. The topological polar surface area (TPSA) is 63.9 Å². The first-order valence-corrected chi connectivity index (χ1v) is 13.8. The van der Waals surface area contributed by atoms with Gasteiger partial charge in [-0.05, 0) is 54.8 Å². The lowest BCUT2D eigenvalue weighted by Gasteiger charge is -2.45. The standard InChI is InChI=1S/C31H27Cl2N5O/c1-21(19-39)31(22-7-3-2-4-8-22)15-17-37(18-16-31)29-27-30(35-20-34-29)38(24-13-11-23(32)12-14-24)28(36-27)25-9-5-6-10-26(25)33/h2-14,19-21H,15-18H2,1H3. The van der Waals surface area contributed by atoms with Crippen LogP contribution in [-0.2, 0) is 10.2 Å². The van der Waals surface area contributed by atoms with Crippen LogP contribution in [-0.4, -0.2) is 38.9 Å². The highest BCUT2D eigenvalue weighted by molar-refractivity contribution is 6.33. The SMILES string of the molecule is CC(C=O)C1(c2ccccc2)CCN(c2ncnc3c2nc(-c2ccccc2Cl)n3-c2ccc(Cl)cc2)CC1. The molecule has 0 saturated carbocycles. The van der Waals surface area contributed by atoms with Crippen molar-refractivity contribution in [2.75, 3.05) is 18.0 Å². The fraction of sp³-hybridized carbons (Fsp3) is 0.226. The van der Waals surface area contributed by atoms with E-state index in [0.717, 1.165) is 49.3 Å². The number of aromatic nitrogens is 4. The van der Waals surface area contributed by atoms with Crippen molar-refractivity contribution in [3.8, 4) is 17.1 Å². The number of nitrogens with zero attached hydrogens (tertiary/aromatic N) is 5. The Kier molecular flexibility index (Phi) is 6.83. The number of piperidine rings is 1. The van der Waals surface area contributed by atoms with Crippen LogP contribution >= 0.6 is 23.2 Å². The second-order valence-corrected chi connectivity index (χ2v) is 10.9. The van der Waals surface area contributed by atoms with Crippen LogP contribution < -0.4 is 4.90 Å². The molecule has 1 atom stereocenters. The van der Waals surface area contributed by atoms with Crippen molar-refractivity contribution in [3.05, 3.63) is 101 Å². The zero-order chi connectivity index (χ0) is 27.0. The van der Waals surface area contributed by atoms with Gasteiger partial charge in [-0.15, -0.1) is 0 Å². The van der Waals surface area contributed by atoms with Crippen LogP contribution in [0.25, 0.3) is 28.2 Å². The molecule has 0 radical (unpaired) electrons. The van der Waals surface area contributed by atoms with Crippen molar-refractivity contribution in [2.24, 2.45) is 5.92 Å². The van der Waals surface area contributed by atoms with Gasteiger partial charge in [0.15, 0.2) is 17.0 Å². The summed E-state index contributed by atoms with van der Waals surface area (Å²) >= 11 is 12.8. The summed E-state index contributed by atoms with van der Waals surface area (Å²) in [4.78, 5) is 28.7. The molecule has 5 aromatic rings. The molecule has 196 valence electrons. The molecule has 8 heteroatoms. The highest BCUT2D eigenvalue weighted by atomic mass is 35.5. The number of benzene rings is 3. The van der Waals surface area contributed by atoms with Gasteiger partial charge >= 0.3 is 0 Å². The molecule has 6 nitrogen and oxygen atoms in total. The number of carbonyl (C=O) groups is 1. The van der Waals surface area contributed by atoms with E-state index in [1.807, 2.05) is 66.1 Å². The second kappa shape index (κ2) is 10.4. The third kappa shape index (κ3) is 4.48. The smallest absolute Gasteiger partial charge is 0.170 e. The summed E-state index contributed by atoms with van der Waals surface area (Å²) in [6, 6.07) is 25.7. The summed E-state index contributed by atoms with van der Waals surface area (Å²) in [5.41, 5.74) is 4.08. The Hall–Kier alpha value is -3.74. The summed E-state index contributed by atoms with van der Waals surface area (Å²) in [6.07, 6.45) is 4.35. The minimum atomic E-state index is -0.211. The number of aldehydes is 1. The van der Waals surface area contributed by atoms with Crippen LogP contribution in [0.5, 0.6) is 0 Å². The van der Waals surface area contributed by atoms with E-state index in [1.165, 1.54) is 5.56 Å². The number of anilines is 1. The van der Waals surface area contributed by atoms with Gasteiger partial charge in [0.05, 0.1) is 5.02 Å². The monoisotopic (exact) mass is 555 g/mol. The molecular weight excluding hydrogens is 529 g/mol. The van der Waals surface area contributed by atoms with Crippen molar-refractivity contribution < 1.29 is 4.79 Å². The molecule has 0 aliphatic carbocycles. The van der Waals surface area contributed by atoms with Crippen molar-refractivity contribution >= 4 is 46.5 Å². The van der Waals surface area contributed by atoms with Gasteiger partial charge in [-0.2, -0.15) is 0 Å². The second-order valence-electron chi connectivity index (χ2n) is 10.0. The van der Waals surface area contributed by atoms with E-state index in [9.17, 15) is 4.79 Å². The Bertz CT molecular complexity index is 1630. The van der Waals surface area contributed by atoms with Crippen LogP contribution in [0.2, 0.25) is 10.0 Å². The van der Waals surface area contributed by atoms with E-state index >= 15 is 0 Å². The third-order valence-electron chi connectivity index (χ3n) is 8.00. The van der Waals surface area contributed by atoms with E-state index < -0.39 is 0 Å². The van der Waals surface area contributed by atoms with Gasteiger partial charge in [0.25, 0.3) is 0 Å². The first-order valence-electron chi connectivity index (χ1n) is 13.0. The van der Waals surface area contributed by atoms with Gasteiger partial charge in [0.1, 0.15) is 18.4 Å². The fourth-order valence-electron chi connectivity index (χ4n) is 5.79. The highest BCUT2D eigenvalue weighted by Crippen LogP contribution is 2.43. The molecule has 3 heterocycles. The van der Waals surface area contributed by atoms with Gasteiger partial charge in [0, 0.05) is 40.7 Å². The predicted molar refractivity (Wildman–Crippen MR) is 157 cm³/mol. The van der Waals surface area contributed by atoms with Crippen LogP contribution in [0.15, 0.2) is 85.2 Å².